The van der Waals surface area contributed by atoms with Crippen LogP contribution in [-0.2, 0) is 9.59 Å². The van der Waals surface area contributed by atoms with Crippen molar-refractivity contribution in [3.8, 4) is 11.5 Å². The second-order valence-electron chi connectivity index (χ2n) is 6.46. The van der Waals surface area contributed by atoms with Gasteiger partial charge in [0.1, 0.15) is 0 Å². The molecule has 0 radical (unpaired) electrons. The van der Waals surface area contributed by atoms with E-state index in [0.717, 1.165) is 15.6 Å². The monoisotopic (exact) mass is 460 g/mol. The number of methoxy groups -OCH3 is 1. The van der Waals surface area contributed by atoms with Gasteiger partial charge in [-0.25, -0.2) is 0 Å². The van der Waals surface area contributed by atoms with Crippen molar-refractivity contribution in [3.63, 3.8) is 0 Å². The number of hydrogen-bond acceptors (Lipinski definition) is 4. The molecule has 2 aromatic carbocycles. The summed E-state index contributed by atoms with van der Waals surface area (Å²) in [7, 11) is 3.11. The van der Waals surface area contributed by atoms with Crippen molar-refractivity contribution in [3.05, 3.63) is 58.1 Å². The van der Waals surface area contributed by atoms with Crippen molar-refractivity contribution in [1.29, 1.82) is 0 Å². The Labute approximate surface area is 179 Å². The highest BCUT2D eigenvalue weighted by Crippen LogP contribution is 2.28. The van der Waals surface area contributed by atoms with E-state index in [4.69, 9.17) is 9.47 Å². The smallest absolute Gasteiger partial charge is 0.260 e. The van der Waals surface area contributed by atoms with Gasteiger partial charge in [0.2, 0.25) is 5.91 Å². The second-order valence-corrected chi connectivity index (χ2v) is 7.37. The van der Waals surface area contributed by atoms with Crippen LogP contribution < -0.4 is 14.8 Å². The summed E-state index contributed by atoms with van der Waals surface area (Å²) >= 11 is 3.39. The molecule has 0 saturated carbocycles. The van der Waals surface area contributed by atoms with E-state index >= 15 is 0 Å². The molecule has 0 fully saturated rings. The van der Waals surface area contributed by atoms with Gasteiger partial charge in [-0.15, -0.1) is 0 Å². The topological polar surface area (TPSA) is 67.9 Å². The highest BCUT2D eigenvalue weighted by atomic mass is 79.9. The predicted molar refractivity (Wildman–Crippen MR) is 118 cm³/mol. The number of anilines is 1. The van der Waals surface area contributed by atoms with Gasteiger partial charge in [0.05, 0.1) is 13.7 Å². The van der Waals surface area contributed by atoms with Crippen LogP contribution in [-0.4, -0.2) is 44.0 Å². The van der Waals surface area contributed by atoms with E-state index in [2.05, 4.69) is 21.2 Å². The van der Waals surface area contributed by atoms with Gasteiger partial charge in [0.15, 0.2) is 18.1 Å². The van der Waals surface area contributed by atoms with E-state index in [0.29, 0.717) is 17.2 Å². The first-order valence-corrected chi connectivity index (χ1v) is 9.86. The van der Waals surface area contributed by atoms with Crippen molar-refractivity contribution < 1.29 is 19.1 Å². The summed E-state index contributed by atoms with van der Waals surface area (Å²) in [4.78, 5) is 25.9. The summed E-state index contributed by atoms with van der Waals surface area (Å²) in [6.07, 6.45) is 3.87. The number of amides is 2. The van der Waals surface area contributed by atoms with Gasteiger partial charge in [-0.3, -0.25) is 9.59 Å². The Kier molecular flexibility index (Phi) is 8.27. The number of aryl methyl sites for hydroxylation is 1. The van der Waals surface area contributed by atoms with Crippen molar-refractivity contribution in [2.24, 2.45) is 0 Å². The van der Waals surface area contributed by atoms with Crippen molar-refractivity contribution in [2.75, 3.05) is 32.6 Å². The zero-order valence-corrected chi connectivity index (χ0v) is 18.6. The van der Waals surface area contributed by atoms with E-state index in [9.17, 15) is 9.59 Å². The Morgan fingerprint density at radius 2 is 1.93 bits per heavy atom. The van der Waals surface area contributed by atoms with Gasteiger partial charge in [-0.1, -0.05) is 34.1 Å². The van der Waals surface area contributed by atoms with Crippen molar-refractivity contribution in [2.45, 2.75) is 13.8 Å². The molecule has 2 aromatic rings. The molecule has 154 valence electrons. The molecule has 7 heteroatoms. The van der Waals surface area contributed by atoms with Gasteiger partial charge >= 0.3 is 0 Å². The van der Waals surface area contributed by atoms with Crippen LogP contribution in [0.25, 0.3) is 6.08 Å². The molecule has 0 saturated heterocycles. The Balaban J connectivity index is 1.91. The molecule has 0 aliphatic heterocycles. The van der Waals surface area contributed by atoms with Crippen LogP contribution in [0.4, 0.5) is 5.69 Å². The molecule has 0 bridgehead atoms. The molecule has 2 rings (SSSR count). The fraction of sp³-hybridized carbons (Fsp3) is 0.273. The SMILES string of the molecule is C/C=C/c1ccc(OCC(=O)N(C)CC(=O)Nc2ccc(Br)cc2C)c(OC)c1. The highest BCUT2D eigenvalue weighted by molar-refractivity contribution is 9.10. The fourth-order valence-electron chi connectivity index (χ4n) is 2.61. The number of nitrogens with zero attached hydrogens (tertiary/aromatic N) is 1. The van der Waals surface area contributed by atoms with E-state index in [1.807, 2.05) is 56.3 Å². The first kappa shape index (κ1) is 22.5. The molecule has 0 heterocycles. The van der Waals surface area contributed by atoms with Crippen molar-refractivity contribution in [1.82, 2.24) is 4.90 Å². The van der Waals surface area contributed by atoms with Gasteiger partial charge in [-0.05, 0) is 55.3 Å². The summed E-state index contributed by atoms with van der Waals surface area (Å²) in [6.45, 7) is 3.56. The number of likely N-dealkylation sites (N-methyl/N-ethyl adjacent to an activating group) is 1. The minimum atomic E-state index is -0.313. The minimum Gasteiger partial charge on any atom is -0.493 e. The number of halogens is 1. The molecule has 0 spiro atoms. The van der Waals surface area contributed by atoms with Gasteiger partial charge in [-0.2, -0.15) is 0 Å². The maximum absolute atomic E-state index is 12.3. The van der Waals surface area contributed by atoms with Crippen LogP contribution in [0.1, 0.15) is 18.1 Å². The number of hydrogen-bond donors (Lipinski definition) is 1. The molecular formula is C22H25BrN2O4. The number of ether oxygens (including phenoxy) is 2. The molecule has 29 heavy (non-hydrogen) atoms. The Morgan fingerprint density at radius 1 is 1.17 bits per heavy atom. The summed E-state index contributed by atoms with van der Waals surface area (Å²) in [6, 6.07) is 11.0. The predicted octanol–water partition coefficient (Wildman–Crippen LogP) is 4.28. The zero-order chi connectivity index (χ0) is 21.4. The maximum atomic E-state index is 12.3. The quantitative estimate of drug-likeness (QED) is 0.638. The third-order valence-corrected chi connectivity index (χ3v) is 4.66. The number of carbonyl (C=O) groups is 2. The van der Waals surface area contributed by atoms with Crippen LogP contribution in [0, 0.1) is 6.92 Å². The first-order valence-electron chi connectivity index (χ1n) is 9.07. The third kappa shape index (κ3) is 6.64. The van der Waals surface area contributed by atoms with Gasteiger partial charge in [0.25, 0.3) is 5.91 Å². The normalized spacial score (nSPS) is 10.7. The van der Waals surface area contributed by atoms with Crippen LogP contribution in [0.5, 0.6) is 11.5 Å². The molecule has 0 atom stereocenters. The van der Waals surface area contributed by atoms with Crippen LogP contribution in [0.3, 0.4) is 0 Å². The largest absolute Gasteiger partial charge is 0.493 e. The first-order chi connectivity index (χ1) is 13.8. The number of benzene rings is 2. The molecule has 0 aromatic heterocycles. The van der Waals surface area contributed by atoms with Gasteiger partial charge in [0, 0.05) is 17.2 Å². The lowest BCUT2D eigenvalue weighted by atomic mass is 10.2. The second kappa shape index (κ2) is 10.7. The summed E-state index contributed by atoms with van der Waals surface area (Å²) < 4.78 is 11.9. The molecule has 1 N–H and O–H groups in total. The fourth-order valence-corrected chi connectivity index (χ4v) is 3.09. The molecule has 6 nitrogen and oxygen atoms in total. The third-order valence-electron chi connectivity index (χ3n) is 4.17. The molecule has 2 amide bonds. The number of rotatable bonds is 8. The Bertz CT molecular complexity index is 912. The number of carbonyl (C=O) groups excluding carboxylic acids is 2. The lowest BCUT2D eigenvalue weighted by Gasteiger charge is -2.18. The summed E-state index contributed by atoms with van der Waals surface area (Å²) in [5.74, 6) is 0.420. The standard InChI is InChI=1S/C22H25BrN2O4/c1-5-6-16-7-10-19(20(12-16)28-4)29-14-22(27)25(3)13-21(26)24-18-9-8-17(23)11-15(18)2/h5-12H,13-14H2,1-4H3,(H,24,26)/b6-5+. The molecule has 0 aliphatic rings. The average molecular weight is 461 g/mol. The maximum Gasteiger partial charge on any atom is 0.260 e. The van der Waals surface area contributed by atoms with Crippen LogP contribution in [0.15, 0.2) is 46.9 Å². The van der Waals surface area contributed by atoms with Gasteiger partial charge < -0.3 is 19.7 Å². The van der Waals surface area contributed by atoms with E-state index < -0.39 is 0 Å². The Morgan fingerprint density at radius 3 is 2.59 bits per heavy atom. The number of allylic oxidation sites excluding steroid dienone is 1. The minimum absolute atomic E-state index is 0.0743. The molecular weight excluding hydrogens is 436 g/mol. The summed E-state index contributed by atoms with van der Waals surface area (Å²) in [5, 5.41) is 2.81. The highest BCUT2D eigenvalue weighted by Gasteiger charge is 2.15. The molecule has 0 aliphatic carbocycles. The lowest BCUT2D eigenvalue weighted by Crippen LogP contribution is -2.37. The molecule has 0 unspecified atom stereocenters. The van der Waals surface area contributed by atoms with E-state index in [-0.39, 0.29) is 25.0 Å². The van der Waals surface area contributed by atoms with E-state index in [1.165, 1.54) is 4.90 Å². The Hall–Kier alpha value is -2.80. The van der Waals surface area contributed by atoms with Crippen LogP contribution >= 0.6 is 15.9 Å². The zero-order valence-electron chi connectivity index (χ0n) is 17.0. The summed E-state index contributed by atoms with van der Waals surface area (Å²) in [5.41, 5.74) is 2.61. The van der Waals surface area contributed by atoms with Crippen LogP contribution in [0.2, 0.25) is 0 Å². The lowest BCUT2D eigenvalue weighted by molar-refractivity contribution is -0.135. The average Bonchev–Trinajstić information content (AvgIpc) is 2.68. The number of nitrogens with one attached hydrogen (secondary N) is 1. The van der Waals surface area contributed by atoms with E-state index in [1.54, 1.807) is 20.2 Å². The van der Waals surface area contributed by atoms with Crippen molar-refractivity contribution >= 4 is 39.5 Å².